The molecule has 0 unspecified atom stereocenters. The number of nitrogens with one attached hydrogen (secondary N) is 3. The highest BCUT2D eigenvalue weighted by Crippen LogP contribution is 2.30. The molecule has 3 rings (SSSR count). The van der Waals surface area contributed by atoms with Gasteiger partial charge in [-0.3, -0.25) is 15.6 Å². The molecule has 0 radical (unpaired) electrons. The third kappa shape index (κ3) is 4.36. The van der Waals surface area contributed by atoms with Crippen LogP contribution in [0.3, 0.4) is 0 Å². The number of fused-ring (bicyclic) bond motifs is 1. The van der Waals surface area contributed by atoms with Crippen molar-refractivity contribution < 1.29 is 14.3 Å². The van der Waals surface area contributed by atoms with Crippen molar-refractivity contribution in [2.24, 2.45) is 0 Å². The summed E-state index contributed by atoms with van der Waals surface area (Å²) in [6.45, 7) is 1.06. The number of hydrogen-bond donors (Lipinski definition) is 3. The van der Waals surface area contributed by atoms with Gasteiger partial charge in [-0.15, -0.1) is 0 Å². The van der Waals surface area contributed by atoms with Gasteiger partial charge in [-0.05, 0) is 42.0 Å². The Hall–Kier alpha value is -2.80. The Morgan fingerprint density at radius 1 is 1.00 bits per heavy atom. The Morgan fingerprint density at radius 3 is 2.54 bits per heavy atom. The molecule has 2 aromatic rings. The number of rotatable bonds is 3. The molecule has 6 nitrogen and oxygen atoms in total. The molecule has 1 aliphatic rings. The summed E-state index contributed by atoms with van der Waals surface area (Å²) < 4.78 is 11.0. The number of carbonyl (C=O) groups is 1. The van der Waals surface area contributed by atoms with E-state index in [4.69, 9.17) is 21.7 Å². The molecule has 0 spiro atoms. The van der Waals surface area contributed by atoms with E-state index < -0.39 is 0 Å². The number of ether oxygens (including phenoxy) is 2. The van der Waals surface area contributed by atoms with E-state index in [1.54, 1.807) is 0 Å². The molecule has 3 N–H and O–H groups in total. The van der Waals surface area contributed by atoms with E-state index in [1.807, 2.05) is 48.5 Å². The van der Waals surface area contributed by atoms with Gasteiger partial charge >= 0.3 is 0 Å². The zero-order valence-electron chi connectivity index (χ0n) is 12.9. The average Bonchev–Trinajstić information content (AvgIpc) is 2.61. The second-order valence-electron chi connectivity index (χ2n) is 5.15. The first-order valence-electron chi connectivity index (χ1n) is 7.50. The Labute approximate surface area is 145 Å². The molecule has 0 saturated heterocycles. The van der Waals surface area contributed by atoms with E-state index in [0.29, 0.717) is 29.8 Å². The third-order valence-corrected chi connectivity index (χ3v) is 3.52. The Bertz CT molecular complexity index is 737. The van der Waals surface area contributed by atoms with Crippen molar-refractivity contribution in [2.75, 3.05) is 18.5 Å². The summed E-state index contributed by atoms with van der Waals surface area (Å²) >= 11 is 5.13. The van der Waals surface area contributed by atoms with Gasteiger partial charge < -0.3 is 14.8 Å². The molecule has 1 aliphatic heterocycles. The van der Waals surface area contributed by atoms with Crippen LogP contribution in [0.5, 0.6) is 11.5 Å². The summed E-state index contributed by atoms with van der Waals surface area (Å²) in [5, 5.41) is 3.29. The zero-order valence-corrected chi connectivity index (χ0v) is 13.7. The maximum absolute atomic E-state index is 12.0. The highest BCUT2D eigenvalue weighted by Gasteiger charge is 2.13. The number of anilines is 1. The van der Waals surface area contributed by atoms with Crippen LogP contribution in [0.25, 0.3) is 0 Å². The van der Waals surface area contributed by atoms with E-state index in [1.165, 1.54) is 0 Å². The monoisotopic (exact) mass is 343 g/mol. The van der Waals surface area contributed by atoms with Gasteiger partial charge in [0.15, 0.2) is 16.6 Å². The zero-order chi connectivity index (χ0) is 16.8. The van der Waals surface area contributed by atoms with Gasteiger partial charge in [0.1, 0.15) is 13.2 Å². The van der Waals surface area contributed by atoms with Crippen LogP contribution in [0.15, 0.2) is 48.5 Å². The van der Waals surface area contributed by atoms with Crippen molar-refractivity contribution in [1.82, 2.24) is 10.9 Å². The van der Waals surface area contributed by atoms with Gasteiger partial charge in [-0.25, -0.2) is 0 Å². The molecule has 2 aromatic carbocycles. The lowest BCUT2D eigenvalue weighted by atomic mass is 10.1. The quantitative estimate of drug-likeness (QED) is 0.585. The minimum atomic E-state index is -0.205. The number of amides is 1. The lowest BCUT2D eigenvalue weighted by Crippen LogP contribution is -2.44. The first-order valence-corrected chi connectivity index (χ1v) is 7.91. The normalized spacial score (nSPS) is 12.2. The number of hydrogen-bond acceptors (Lipinski definition) is 4. The minimum Gasteiger partial charge on any atom is -0.486 e. The number of thiocarbonyl (C=S) groups is 1. The van der Waals surface area contributed by atoms with Gasteiger partial charge in [0, 0.05) is 5.69 Å². The van der Waals surface area contributed by atoms with Crippen LogP contribution in [0.2, 0.25) is 0 Å². The number of hydrazine groups is 1. The van der Waals surface area contributed by atoms with Crippen molar-refractivity contribution in [2.45, 2.75) is 6.42 Å². The van der Waals surface area contributed by atoms with Crippen LogP contribution < -0.4 is 25.6 Å². The summed E-state index contributed by atoms with van der Waals surface area (Å²) in [6.07, 6.45) is 0.206. The van der Waals surface area contributed by atoms with Crippen LogP contribution in [-0.4, -0.2) is 24.2 Å². The van der Waals surface area contributed by atoms with Crippen molar-refractivity contribution >= 4 is 28.9 Å². The fraction of sp³-hybridized carbons (Fsp3) is 0.176. The SMILES string of the molecule is O=C(Cc1ccc2c(c1)OCCO2)NNC(=S)Nc1ccccc1. The van der Waals surface area contributed by atoms with Crippen molar-refractivity contribution in [3.63, 3.8) is 0 Å². The molecular formula is C17H17N3O3S. The maximum atomic E-state index is 12.0. The van der Waals surface area contributed by atoms with Crippen molar-refractivity contribution in [1.29, 1.82) is 0 Å². The van der Waals surface area contributed by atoms with Gasteiger partial charge in [0.05, 0.1) is 6.42 Å². The molecule has 0 saturated carbocycles. The highest BCUT2D eigenvalue weighted by atomic mass is 32.1. The molecule has 7 heteroatoms. The maximum Gasteiger partial charge on any atom is 0.242 e. The molecule has 1 amide bonds. The predicted molar refractivity (Wildman–Crippen MR) is 95.1 cm³/mol. The third-order valence-electron chi connectivity index (χ3n) is 3.32. The van der Waals surface area contributed by atoms with Crippen LogP contribution in [0.1, 0.15) is 5.56 Å². The van der Waals surface area contributed by atoms with Gasteiger partial charge in [0.2, 0.25) is 5.91 Å². The number of carbonyl (C=O) groups excluding carboxylic acids is 1. The fourth-order valence-corrected chi connectivity index (χ4v) is 2.41. The minimum absolute atomic E-state index is 0.205. The number of para-hydroxylation sites is 1. The van der Waals surface area contributed by atoms with E-state index in [2.05, 4.69) is 16.2 Å². The van der Waals surface area contributed by atoms with Gasteiger partial charge in [-0.1, -0.05) is 24.3 Å². The lowest BCUT2D eigenvalue weighted by molar-refractivity contribution is -0.120. The van der Waals surface area contributed by atoms with E-state index >= 15 is 0 Å². The molecule has 1 heterocycles. The molecule has 0 fully saturated rings. The molecule has 0 aromatic heterocycles. The van der Waals surface area contributed by atoms with Gasteiger partial charge in [-0.2, -0.15) is 0 Å². The highest BCUT2D eigenvalue weighted by molar-refractivity contribution is 7.80. The smallest absolute Gasteiger partial charge is 0.242 e. The topological polar surface area (TPSA) is 71.6 Å². The number of benzene rings is 2. The Balaban J connectivity index is 1.48. The molecule has 0 aliphatic carbocycles. The second kappa shape index (κ2) is 7.65. The van der Waals surface area contributed by atoms with Crippen molar-refractivity contribution in [3.05, 3.63) is 54.1 Å². The Kier molecular flexibility index (Phi) is 5.12. The van der Waals surface area contributed by atoms with E-state index in [9.17, 15) is 4.79 Å². The van der Waals surface area contributed by atoms with Crippen molar-refractivity contribution in [3.8, 4) is 11.5 Å². The first kappa shape index (κ1) is 16.1. The van der Waals surface area contributed by atoms with Crippen LogP contribution in [-0.2, 0) is 11.2 Å². The van der Waals surface area contributed by atoms with Crippen LogP contribution >= 0.6 is 12.2 Å². The van der Waals surface area contributed by atoms with Gasteiger partial charge in [0.25, 0.3) is 0 Å². The molecule has 0 atom stereocenters. The summed E-state index contributed by atoms with van der Waals surface area (Å²) in [5.41, 5.74) is 6.92. The lowest BCUT2D eigenvalue weighted by Gasteiger charge is -2.18. The second-order valence-corrected chi connectivity index (χ2v) is 5.56. The standard InChI is InChI=1S/C17H17N3O3S/c21-16(19-20-17(24)18-13-4-2-1-3-5-13)11-12-6-7-14-15(10-12)23-9-8-22-14/h1-7,10H,8-9,11H2,(H,19,21)(H2,18,20,24). The predicted octanol–water partition coefficient (Wildman–Crippen LogP) is 2.02. The first-order chi connectivity index (χ1) is 11.7. The molecule has 124 valence electrons. The largest absolute Gasteiger partial charge is 0.486 e. The average molecular weight is 343 g/mol. The molecular weight excluding hydrogens is 326 g/mol. The van der Waals surface area contributed by atoms with Crippen LogP contribution in [0, 0.1) is 0 Å². The summed E-state index contributed by atoms with van der Waals surface area (Å²) in [4.78, 5) is 12.0. The fourth-order valence-electron chi connectivity index (χ4n) is 2.24. The summed E-state index contributed by atoms with van der Waals surface area (Å²) in [6, 6.07) is 14.9. The van der Waals surface area contributed by atoms with E-state index in [0.717, 1.165) is 11.3 Å². The summed E-state index contributed by atoms with van der Waals surface area (Å²) in [7, 11) is 0. The van der Waals surface area contributed by atoms with Crippen LogP contribution in [0.4, 0.5) is 5.69 Å². The Morgan fingerprint density at radius 2 is 1.75 bits per heavy atom. The van der Waals surface area contributed by atoms with E-state index in [-0.39, 0.29) is 12.3 Å². The molecule has 24 heavy (non-hydrogen) atoms. The molecule has 0 bridgehead atoms. The summed E-state index contributed by atoms with van der Waals surface area (Å²) in [5.74, 6) is 1.17.